The van der Waals surface area contributed by atoms with Gasteiger partial charge in [0, 0.05) is 0 Å². The molecular formula is C26H24F3NO7S. The Labute approximate surface area is 217 Å². The number of sulfone groups is 1. The van der Waals surface area contributed by atoms with Crippen LogP contribution < -0.4 is 10.1 Å². The standard InChI is InChI=1S/C26H24F3NO7S/c1-2-35-23(31)25(26(27,28)29,30-24(32)36-17-19-9-5-3-6-10-19)18-38(33,34)22-15-13-21(14-16-22)37-20-11-7-4-8-12-20/h3-16H,2,17-18H2,1H3,(H,30,32). The summed E-state index contributed by atoms with van der Waals surface area (Å²) in [7, 11) is -4.81. The van der Waals surface area contributed by atoms with Crippen molar-refractivity contribution in [2.24, 2.45) is 0 Å². The van der Waals surface area contributed by atoms with E-state index in [0.717, 1.165) is 12.1 Å². The average molecular weight is 552 g/mol. The van der Waals surface area contributed by atoms with E-state index in [4.69, 9.17) is 9.47 Å². The summed E-state index contributed by atoms with van der Waals surface area (Å²) in [6.45, 7) is 0.328. The minimum Gasteiger partial charge on any atom is -0.464 e. The third-order valence-corrected chi connectivity index (χ3v) is 7.01. The van der Waals surface area contributed by atoms with E-state index in [-0.39, 0.29) is 5.75 Å². The van der Waals surface area contributed by atoms with Crippen LogP contribution in [0.1, 0.15) is 12.5 Å². The third kappa shape index (κ3) is 7.03. The maximum atomic E-state index is 14.4. The molecule has 0 saturated heterocycles. The molecule has 202 valence electrons. The van der Waals surface area contributed by atoms with E-state index < -0.39 is 57.5 Å². The highest BCUT2D eigenvalue weighted by molar-refractivity contribution is 7.91. The third-order valence-electron chi connectivity index (χ3n) is 5.20. The normalized spacial score (nSPS) is 13.2. The number of carbonyl (C=O) groups is 2. The number of nitrogens with one attached hydrogen (secondary N) is 1. The molecule has 1 amide bonds. The Kier molecular flexibility index (Phi) is 9.00. The molecule has 0 aromatic heterocycles. The fourth-order valence-electron chi connectivity index (χ4n) is 3.31. The molecule has 0 spiro atoms. The smallest absolute Gasteiger partial charge is 0.423 e. The molecule has 1 unspecified atom stereocenters. The largest absolute Gasteiger partial charge is 0.464 e. The van der Waals surface area contributed by atoms with E-state index in [0.29, 0.717) is 11.3 Å². The van der Waals surface area contributed by atoms with Crippen LogP contribution in [0.15, 0.2) is 89.8 Å². The number of rotatable bonds is 10. The van der Waals surface area contributed by atoms with Gasteiger partial charge in [-0.05, 0) is 48.9 Å². The Morgan fingerprint density at radius 3 is 1.92 bits per heavy atom. The van der Waals surface area contributed by atoms with E-state index in [2.05, 4.69) is 4.74 Å². The van der Waals surface area contributed by atoms with Gasteiger partial charge in [-0.3, -0.25) is 5.32 Å². The molecule has 0 aliphatic rings. The van der Waals surface area contributed by atoms with Crippen molar-refractivity contribution in [3.05, 3.63) is 90.5 Å². The Morgan fingerprint density at radius 2 is 1.37 bits per heavy atom. The number of carbonyl (C=O) groups excluding carboxylic acids is 2. The molecule has 3 aromatic carbocycles. The lowest BCUT2D eigenvalue weighted by molar-refractivity contribution is -0.206. The number of amides is 1. The predicted octanol–water partition coefficient (Wildman–Crippen LogP) is 5.04. The molecule has 0 saturated carbocycles. The van der Waals surface area contributed by atoms with E-state index >= 15 is 0 Å². The maximum Gasteiger partial charge on any atom is 0.423 e. The summed E-state index contributed by atoms with van der Waals surface area (Å²) in [5.74, 6) is -3.16. The van der Waals surface area contributed by atoms with Crippen molar-refractivity contribution in [2.75, 3.05) is 12.4 Å². The van der Waals surface area contributed by atoms with Gasteiger partial charge in [0.2, 0.25) is 0 Å². The fraction of sp³-hybridized carbons (Fsp3) is 0.231. The summed E-state index contributed by atoms with van der Waals surface area (Å²) in [6.07, 6.45) is -7.21. The van der Waals surface area contributed by atoms with Crippen molar-refractivity contribution >= 4 is 21.9 Å². The van der Waals surface area contributed by atoms with Crippen molar-refractivity contribution in [1.29, 1.82) is 0 Å². The van der Waals surface area contributed by atoms with Crippen LogP contribution >= 0.6 is 0 Å². The maximum absolute atomic E-state index is 14.4. The zero-order chi connectivity index (χ0) is 27.8. The number of para-hydroxylation sites is 1. The highest BCUT2D eigenvalue weighted by Crippen LogP contribution is 2.35. The number of benzene rings is 3. The molecule has 3 rings (SSSR count). The van der Waals surface area contributed by atoms with Crippen LogP contribution in [-0.4, -0.2) is 44.6 Å². The first-order chi connectivity index (χ1) is 18.0. The molecule has 0 heterocycles. The summed E-state index contributed by atoms with van der Waals surface area (Å²) in [5, 5.41) is 1.43. The van der Waals surface area contributed by atoms with Gasteiger partial charge in [-0.2, -0.15) is 13.2 Å². The van der Waals surface area contributed by atoms with Crippen molar-refractivity contribution < 1.29 is 45.4 Å². The first-order valence-electron chi connectivity index (χ1n) is 11.3. The molecule has 0 bridgehead atoms. The predicted molar refractivity (Wildman–Crippen MR) is 130 cm³/mol. The van der Waals surface area contributed by atoms with Crippen LogP contribution in [0.3, 0.4) is 0 Å². The van der Waals surface area contributed by atoms with Crippen LogP contribution in [0.2, 0.25) is 0 Å². The number of hydrogen-bond donors (Lipinski definition) is 1. The van der Waals surface area contributed by atoms with Crippen molar-refractivity contribution in [3.63, 3.8) is 0 Å². The number of halogens is 3. The fourth-order valence-corrected chi connectivity index (χ4v) is 4.95. The number of esters is 1. The second-order valence-electron chi connectivity index (χ2n) is 7.96. The van der Waals surface area contributed by atoms with Gasteiger partial charge in [0.1, 0.15) is 18.1 Å². The van der Waals surface area contributed by atoms with Gasteiger partial charge >= 0.3 is 18.2 Å². The van der Waals surface area contributed by atoms with Crippen molar-refractivity contribution in [2.45, 2.75) is 30.1 Å². The zero-order valence-electron chi connectivity index (χ0n) is 20.1. The van der Waals surface area contributed by atoms with E-state index in [1.807, 2.05) is 0 Å². The summed E-state index contributed by atoms with van der Waals surface area (Å²) >= 11 is 0. The summed E-state index contributed by atoms with van der Waals surface area (Å²) in [4.78, 5) is 24.4. The Hall–Kier alpha value is -4.06. The van der Waals surface area contributed by atoms with Crippen LogP contribution in [0, 0.1) is 0 Å². The second-order valence-corrected chi connectivity index (χ2v) is 9.95. The Bertz CT molecular complexity index is 1330. The molecule has 38 heavy (non-hydrogen) atoms. The topological polar surface area (TPSA) is 108 Å². The highest BCUT2D eigenvalue weighted by Gasteiger charge is 2.65. The molecule has 0 aliphatic carbocycles. The summed E-state index contributed by atoms with van der Waals surface area (Å²) in [6, 6.07) is 21.1. The minimum absolute atomic E-state index is 0.227. The van der Waals surface area contributed by atoms with Gasteiger partial charge in [0.15, 0.2) is 9.84 Å². The van der Waals surface area contributed by atoms with E-state index in [9.17, 15) is 31.2 Å². The zero-order valence-corrected chi connectivity index (χ0v) is 20.9. The number of hydrogen-bond acceptors (Lipinski definition) is 7. The molecule has 1 N–H and O–H groups in total. The van der Waals surface area contributed by atoms with Crippen LogP contribution in [-0.2, 0) is 30.7 Å². The first kappa shape index (κ1) is 28.5. The van der Waals surface area contributed by atoms with Gasteiger partial charge in [0.25, 0.3) is 5.54 Å². The lowest BCUT2D eigenvalue weighted by Crippen LogP contribution is -2.68. The average Bonchev–Trinajstić information content (AvgIpc) is 2.88. The van der Waals surface area contributed by atoms with Gasteiger partial charge in [-0.25, -0.2) is 18.0 Å². The summed E-state index contributed by atoms with van der Waals surface area (Å²) < 4.78 is 84.2. The minimum atomic E-state index is -5.56. The lowest BCUT2D eigenvalue weighted by atomic mass is 10.0. The number of ether oxygens (including phenoxy) is 3. The van der Waals surface area contributed by atoms with E-state index in [1.54, 1.807) is 60.7 Å². The molecule has 0 radical (unpaired) electrons. The SMILES string of the molecule is CCOC(=O)C(CS(=O)(=O)c1ccc(Oc2ccccc2)cc1)(NC(=O)OCc1ccccc1)C(F)(F)F. The molecule has 0 aliphatic heterocycles. The van der Waals surface area contributed by atoms with Crippen LogP contribution in [0.5, 0.6) is 11.5 Å². The molecule has 8 nitrogen and oxygen atoms in total. The second kappa shape index (κ2) is 12.0. The highest BCUT2D eigenvalue weighted by atomic mass is 32.2. The van der Waals surface area contributed by atoms with Gasteiger partial charge in [-0.1, -0.05) is 48.5 Å². The summed E-state index contributed by atoms with van der Waals surface area (Å²) in [5.41, 5.74) is -3.48. The number of alkyl halides is 3. The monoisotopic (exact) mass is 551 g/mol. The quantitative estimate of drug-likeness (QED) is 0.352. The van der Waals surface area contributed by atoms with Gasteiger partial charge < -0.3 is 14.2 Å². The van der Waals surface area contributed by atoms with Crippen molar-refractivity contribution in [3.8, 4) is 11.5 Å². The molecule has 12 heteroatoms. The molecule has 1 atom stereocenters. The lowest BCUT2D eigenvalue weighted by Gasteiger charge is -2.33. The van der Waals surface area contributed by atoms with Gasteiger partial charge in [0.05, 0.1) is 17.3 Å². The first-order valence-corrected chi connectivity index (χ1v) is 12.9. The van der Waals surface area contributed by atoms with Crippen LogP contribution in [0.4, 0.5) is 18.0 Å². The molecule has 3 aromatic rings. The van der Waals surface area contributed by atoms with Crippen molar-refractivity contribution in [1.82, 2.24) is 5.32 Å². The van der Waals surface area contributed by atoms with Crippen LogP contribution in [0.25, 0.3) is 0 Å². The number of alkyl carbamates (subject to hydrolysis) is 1. The van der Waals surface area contributed by atoms with E-state index in [1.165, 1.54) is 24.4 Å². The molecule has 0 fully saturated rings. The Morgan fingerprint density at radius 1 is 0.816 bits per heavy atom. The Balaban J connectivity index is 1.87. The van der Waals surface area contributed by atoms with Gasteiger partial charge in [-0.15, -0.1) is 0 Å². The molecular weight excluding hydrogens is 527 g/mol.